The lowest BCUT2D eigenvalue weighted by Gasteiger charge is -2.12. The number of nitrogens with zero attached hydrogens (tertiary/aromatic N) is 1. The standard InChI is InChI=1S/C12H9I2NO2/c13-8-6-9(14)12-11-7(8)2-3-10(16)15(11)4-1-5-17-12/h2-3,6H,1,4-5H2. The summed E-state index contributed by atoms with van der Waals surface area (Å²) >= 11 is 4.57. The molecule has 1 aliphatic heterocycles. The molecule has 3 rings (SSSR count). The van der Waals surface area contributed by atoms with Gasteiger partial charge in [0.15, 0.2) is 5.75 Å². The van der Waals surface area contributed by atoms with Gasteiger partial charge in [0.25, 0.3) is 5.56 Å². The predicted octanol–water partition coefficient (Wildman–Crippen LogP) is 2.99. The van der Waals surface area contributed by atoms with Gasteiger partial charge < -0.3 is 9.30 Å². The third-order valence-corrected chi connectivity index (χ3v) is 4.59. The molecule has 1 aliphatic rings. The molecule has 17 heavy (non-hydrogen) atoms. The van der Waals surface area contributed by atoms with Crippen LogP contribution in [0, 0.1) is 7.14 Å². The largest absolute Gasteiger partial charge is 0.490 e. The molecule has 3 nitrogen and oxygen atoms in total. The molecule has 1 aromatic carbocycles. The van der Waals surface area contributed by atoms with Gasteiger partial charge in [-0.2, -0.15) is 0 Å². The highest BCUT2D eigenvalue weighted by Crippen LogP contribution is 2.34. The van der Waals surface area contributed by atoms with Gasteiger partial charge in [0, 0.05) is 21.6 Å². The smallest absolute Gasteiger partial charge is 0.251 e. The van der Waals surface area contributed by atoms with E-state index in [0.717, 1.165) is 36.8 Å². The number of hydrogen-bond acceptors (Lipinski definition) is 2. The molecular weight excluding hydrogens is 444 g/mol. The highest BCUT2D eigenvalue weighted by molar-refractivity contribution is 14.1. The van der Waals surface area contributed by atoms with Crippen LogP contribution < -0.4 is 10.3 Å². The van der Waals surface area contributed by atoms with Gasteiger partial charge in [0.2, 0.25) is 0 Å². The molecule has 0 amide bonds. The van der Waals surface area contributed by atoms with E-state index >= 15 is 0 Å². The summed E-state index contributed by atoms with van der Waals surface area (Å²) in [6.45, 7) is 1.41. The van der Waals surface area contributed by atoms with Gasteiger partial charge in [-0.1, -0.05) is 0 Å². The van der Waals surface area contributed by atoms with Crippen molar-refractivity contribution in [2.24, 2.45) is 0 Å². The highest BCUT2D eigenvalue weighted by Gasteiger charge is 2.17. The number of rotatable bonds is 0. The molecule has 0 spiro atoms. The monoisotopic (exact) mass is 453 g/mol. The fourth-order valence-electron chi connectivity index (χ4n) is 2.14. The molecule has 2 aromatic rings. The third-order valence-electron chi connectivity index (χ3n) is 2.90. The first-order valence-electron chi connectivity index (χ1n) is 5.33. The maximum absolute atomic E-state index is 11.9. The summed E-state index contributed by atoms with van der Waals surface area (Å²) < 4.78 is 9.85. The average Bonchev–Trinajstić information content (AvgIpc) is 2.51. The lowest BCUT2D eigenvalue weighted by atomic mass is 10.2. The minimum atomic E-state index is 0.0575. The SMILES string of the molecule is O=c1ccc2c(I)cc(I)c3c2n1CCCO3. The molecule has 88 valence electrons. The van der Waals surface area contributed by atoms with E-state index in [1.165, 1.54) is 0 Å². The fraction of sp³-hybridized carbons (Fsp3) is 0.250. The molecule has 0 atom stereocenters. The zero-order valence-corrected chi connectivity index (χ0v) is 13.2. The van der Waals surface area contributed by atoms with E-state index in [2.05, 4.69) is 51.2 Å². The van der Waals surface area contributed by atoms with E-state index in [-0.39, 0.29) is 5.56 Å². The number of halogens is 2. The van der Waals surface area contributed by atoms with Gasteiger partial charge in [0.1, 0.15) is 0 Å². The second kappa shape index (κ2) is 4.42. The Morgan fingerprint density at radius 1 is 1.24 bits per heavy atom. The Balaban J connectivity index is 2.55. The Labute approximate surface area is 125 Å². The first-order chi connectivity index (χ1) is 8.18. The van der Waals surface area contributed by atoms with Gasteiger partial charge in [-0.15, -0.1) is 0 Å². The van der Waals surface area contributed by atoms with Crippen molar-refractivity contribution in [2.45, 2.75) is 13.0 Å². The number of hydrogen-bond donors (Lipinski definition) is 0. The summed E-state index contributed by atoms with van der Waals surface area (Å²) in [4.78, 5) is 11.9. The molecule has 0 saturated heterocycles. The number of aryl methyl sites for hydroxylation is 1. The van der Waals surface area contributed by atoms with Crippen LogP contribution in [0.4, 0.5) is 0 Å². The van der Waals surface area contributed by atoms with Crippen molar-refractivity contribution < 1.29 is 4.74 Å². The van der Waals surface area contributed by atoms with Crippen molar-refractivity contribution >= 4 is 56.1 Å². The number of benzene rings is 1. The lowest BCUT2D eigenvalue weighted by Crippen LogP contribution is -2.19. The first kappa shape index (κ1) is 11.8. The molecule has 0 N–H and O–H groups in total. The van der Waals surface area contributed by atoms with Crippen LogP contribution in [-0.2, 0) is 6.54 Å². The summed E-state index contributed by atoms with van der Waals surface area (Å²) in [5.74, 6) is 0.858. The Morgan fingerprint density at radius 2 is 2.06 bits per heavy atom. The molecule has 0 aliphatic carbocycles. The maximum atomic E-state index is 11.9. The van der Waals surface area contributed by atoms with E-state index in [9.17, 15) is 4.79 Å². The number of pyridine rings is 1. The van der Waals surface area contributed by atoms with Crippen molar-refractivity contribution in [1.82, 2.24) is 4.57 Å². The molecule has 0 saturated carbocycles. The topological polar surface area (TPSA) is 31.2 Å². The van der Waals surface area contributed by atoms with Crippen LogP contribution in [0.2, 0.25) is 0 Å². The second-order valence-electron chi connectivity index (χ2n) is 3.96. The van der Waals surface area contributed by atoms with Gasteiger partial charge >= 0.3 is 0 Å². The second-order valence-corrected chi connectivity index (χ2v) is 6.28. The van der Waals surface area contributed by atoms with Crippen molar-refractivity contribution in [3.63, 3.8) is 0 Å². The van der Waals surface area contributed by atoms with Gasteiger partial charge in [0.05, 0.1) is 15.7 Å². The van der Waals surface area contributed by atoms with Crippen LogP contribution in [0.5, 0.6) is 5.75 Å². The summed E-state index contributed by atoms with van der Waals surface area (Å²) in [6.07, 6.45) is 0.875. The fourth-order valence-corrected chi connectivity index (χ4v) is 4.21. The summed E-state index contributed by atoms with van der Waals surface area (Å²) in [7, 11) is 0. The van der Waals surface area contributed by atoms with Crippen LogP contribution >= 0.6 is 45.2 Å². The van der Waals surface area contributed by atoms with E-state index in [0.29, 0.717) is 6.61 Å². The lowest BCUT2D eigenvalue weighted by molar-refractivity contribution is 0.313. The van der Waals surface area contributed by atoms with Crippen LogP contribution in [0.3, 0.4) is 0 Å². The summed E-state index contributed by atoms with van der Waals surface area (Å²) in [5, 5.41) is 1.10. The Hall–Kier alpha value is -0.310. The van der Waals surface area contributed by atoms with Crippen LogP contribution in [0.1, 0.15) is 6.42 Å². The maximum Gasteiger partial charge on any atom is 0.251 e. The Morgan fingerprint density at radius 3 is 2.88 bits per heavy atom. The van der Waals surface area contributed by atoms with E-state index in [4.69, 9.17) is 4.74 Å². The molecule has 0 bridgehead atoms. The predicted molar refractivity (Wildman–Crippen MR) is 83.8 cm³/mol. The Kier molecular flexibility index (Phi) is 3.06. The molecule has 5 heteroatoms. The van der Waals surface area contributed by atoms with Crippen LogP contribution in [0.15, 0.2) is 23.0 Å². The zero-order valence-electron chi connectivity index (χ0n) is 8.87. The molecular formula is C12H9I2NO2. The number of aromatic nitrogens is 1. The van der Waals surface area contributed by atoms with E-state index in [1.807, 2.05) is 10.6 Å². The van der Waals surface area contributed by atoms with Crippen molar-refractivity contribution in [2.75, 3.05) is 6.61 Å². The van der Waals surface area contributed by atoms with Gasteiger partial charge in [-0.3, -0.25) is 4.79 Å². The quantitative estimate of drug-likeness (QED) is 0.575. The van der Waals surface area contributed by atoms with Crippen molar-refractivity contribution in [3.8, 4) is 5.75 Å². The molecule has 0 fully saturated rings. The van der Waals surface area contributed by atoms with Gasteiger partial charge in [-0.05, 0) is 63.7 Å². The molecule has 0 unspecified atom stereocenters. The molecule has 1 aromatic heterocycles. The minimum absolute atomic E-state index is 0.0575. The van der Waals surface area contributed by atoms with E-state index in [1.54, 1.807) is 6.07 Å². The van der Waals surface area contributed by atoms with Crippen LogP contribution in [-0.4, -0.2) is 11.2 Å². The minimum Gasteiger partial charge on any atom is -0.490 e. The summed E-state index contributed by atoms with van der Waals surface area (Å²) in [5.41, 5.74) is 1.01. The van der Waals surface area contributed by atoms with Crippen LogP contribution in [0.25, 0.3) is 10.9 Å². The first-order valence-corrected chi connectivity index (χ1v) is 7.48. The Bertz CT molecular complexity index is 664. The van der Waals surface area contributed by atoms with Crippen molar-refractivity contribution in [1.29, 1.82) is 0 Å². The third kappa shape index (κ3) is 1.87. The normalized spacial score (nSPS) is 14.5. The van der Waals surface area contributed by atoms with Gasteiger partial charge in [-0.25, -0.2) is 0 Å². The van der Waals surface area contributed by atoms with Crippen molar-refractivity contribution in [3.05, 3.63) is 35.7 Å². The summed E-state index contributed by atoms with van der Waals surface area (Å²) in [6, 6.07) is 5.63. The highest BCUT2D eigenvalue weighted by atomic mass is 127. The average molecular weight is 453 g/mol. The molecule has 0 radical (unpaired) electrons. The number of ether oxygens (including phenoxy) is 1. The zero-order chi connectivity index (χ0) is 12.0. The van der Waals surface area contributed by atoms with E-state index < -0.39 is 0 Å². The molecule has 2 heterocycles.